The minimum atomic E-state index is -3.87. The molecule has 1 aliphatic heterocycles. The van der Waals surface area contributed by atoms with Crippen molar-refractivity contribution in [2.75, 3.05) is 31.6 Å². The molecule has 0 radical (unpaired) electrons. The number of ether oxygens (including phenoxy) is 2. The molecule has 3 amide bonds. The Kier molecular flexibility index (Phi) is 6.35. The van der Waals surface area contributed by atoms with Gasteiger partial charge in [-0.05, 0) is 35.9 Å². The first-order chi connectivity index (χ1) is 13.9. The van der Waals surface area contributed by atoms with Crippen LogP contribution in [0.5, 0.6) is 5.75 Å². The number of rotatable bonds is 9. The number of hydrogen-bond donors (Lipinski definition) is 2. The molecule has 9 nitrogen and oxygen atoms in total. The van der Waals surface area contributed by atoms with Crippen LogP contribution in [0.25, 0.3) is 0 Å². The largest absolute Gasteiger partial charge is 0.491 e. The van der Waals surface area contributed by atoms with Gasteiger partial charge in [0.15, 0.2) is 0 Å². The number of benzene rings is 2. The summed E-state index contributed by atoms with van der Waals surface area (Å²) < 4.78 is 38.4. The van der Waals surface area contributed by atoms with Crippen LogP contribution in [-0.4, -0.2) is 52.1 Å². The minimum absolute atomic E-state index is 0.0321. The summed E-state index contributed by atoms with van der Waals surface area (Å²) in [6.45, 7) is 0.689. The molecule has 1 aliphatic rings. The minimum Gasteiger partial charge on any atom is -0.491 e. The predicted molar refractivity (Wildman–Crippen MR) is 105 cm³/mol. The molecule has 0 aromatic heterocycles. The Labute approximate surface area is 168 Å². The Hall–Kier alpha value is -3.11. The van der Waals surface area contributed by atoms with E-state index in [0.717, 1.165) is 4.90 Å². The zero-order valence-electron chi connectivity index (χ0n) is 15.8. The van der Waals surface area contributed by atoms with E-state index < -0.39 is 16.1 Å². The highest BCUT2D eigenvalue weighted by Gasteiger charge is 2.29. The first-order valence-corrected chi connectivity index (χ1v) is 10.3. The number of sulfonamides is 1. The standard InChI is InChI=1S/C19H21N3O6S/c1-27-10-11-28-15-6-8-16(9-7-15)29(25,26)21-17-5-3-2-4-14(17)13-22-18(23)12-20-19(22)24/h2-9,21H,10-13H2,1H3,(H,20,24). The molecule has 0 atom stereocenters. The highest BCUT2D eigenvalue weighted by molar-refractivity contribution is 7.92. The molecule has 29 heavy (non-hydrogen) atoms. The van der Waals surface area contributed by atoms with Gasteiger partial charge in [-0.15, -0.1) is 0 Å². The van der Waals surface area contributed by atoms with Gasteiger partial charge in [0.25, 0.3) is 10.0 Å². The lowest BCUT2D eigenvalue weighted by Gasteiger charge is -2.17. The zero-order chi connectivity index (χ0) is 20.9. The lowest BCUT2D eigenvalue weighted by Crippen LogP contribution is -2.30. The van der Waals surface area contributed by atoms with Gasteiger partial charge in [0.2, 0.25) is 5.91 Å². The number of imide groups is 1. The van der Waals surface area contributed by atoms with E-state index >= 15 is 0 Å². The summed E-state index contributed by atoms with van der Waals surface area (Å²) in [6, 6.07) is 12.1. The van der Waals surface area contributed by atoms with Crippen molar-refractivity contribution in [3.05, 3.63) is 54.1 Å². The molecule has 0 unspecified atom stereocenters. The summed E-state index contributed by atoms with van der Waals surface area (Å²) in [5, 5.41) is 2.44. The van der Waals surface area contributed by atoms with Crippen LogP contribution in [0.4, 0.5) is 10.5 Å². The van der Waals surface area contributed by atoms with E-state index in [1.54, 1.807) is 43.5 Å². The highest BCUT2D eigenvalue weighted by Crippen LogP contribution is 2.23. The number of hydrogen-bond acceptors (Lipinski definition) is 6. The summed E-state index contributed by atoms with van der Waals surface area (Å²) >= 11 is 0. The number of para-hydroxylation sites is 1. The van der Waals surface area contributed by atoms with Crippen molar-refractivity contribution in [2.24, 2.45) is 0 Å². The van der Waals surface area contributed by atoms with Crippen molar-refractivity contribution >= 4 is 27.6 Å². The van der Waals surface area contributed by atoms with Crippen LogP contribution in [0.3, 0.4) is 0 Å². The summed E-state index contributed by atoms with van der Waals surface area (Å²) in [7, 11) is -2.31. The van der Waals surface area contributed by atoms with Crippen LogP contribution in [-0.2, 0) is 26.1 Å². The summed E-state index contributed by atoms with van der Waals surface area (Å²) in [5.41, 5.74) is 0.793. The van der Waals surface area contributed by atoms with Crippen molar-refractivity contribution in [1.29, 1.82) is 0 Å². The first-order valence-electron chi connectivity index (χ1n) is 8.81. The molecule has 2 aromatic rings. The molecule has 3 rings (SSSR count). The van der Waals surface area contributed by atoms with Gasteiger partial charge < -0.3 is 14.8 Å². The van der Waals surface area contributed by atoms with E-state index in [2.05, 4.69) is 10.0 Å². The average molecular weight is 419 g/mol. The number of amides is 3. The Morgan fingerprint density at radius 2 is 1.79 bits per heavy atom. The molecule has 2 aromatic carbocycles. The fourth-order valence-electron chi connectivity index (χ4n) is 2.70. The fraction of sp³-hybridized carbons (Fsp3) is 0.263. The Balaban J connectivity index is 1.75. The second-order valence-electron chi connectivity index (χ2n) is 6.21. The summed E-state index contributed by atoms with van der Waals surface area (Å²) in [4.78, 5) is 24.7. The van der Waals surface area contributed by atoms with Gasteiger partial charge >= 0.3 is 6.03 Å². The van der Waals surface area contributed by atoms with E-state index in [-0.39, 0.29) is 23.9 Å². The van der Waals surface area contributed by atoms with Gasteiger partial charge in [-0.3, -0.25) is 14.4 Å². The zero-order valence-corrected chi connectivity index (χ0v) is 16.6. The molecule has 0 saturated carbocycles. The van der Waals surface area contributed by atoms with E-state index in [1.807, 2.05) is 0 Å². The second-order valence-corrected chi connectivity index (χ2v) is 7.90. The Morgan fingerprint density at radius 1 is 1.07 bits per heavy atom. The predicted octanol–water partition coefficient (Wildman–Crippen LogP) is 1.56. The maximum atomic E-state index is 12.8. The van der Waals surface area contributed by atoms with Crippen LogP contribution in [0.15, 0.2) is 53.4 Å². The third-order valence-electron chi connectivity index (χ3n) is 4.22. The Bertz CT molecular complexity index is 975. The molecule has 0 spiro atoms. The molecule has 1 heterocycles. The number of nitrogens with one attached hydrogen (secondary N) is 2. The van der Waals surface area contributed by atoms with Gasteiger partial charge in [0.1, 0.15) is 12.4 Å². The molecular formula is C19H21N3O6S. The molecular weight excluding hydrogens is 398 g/mol. The number of nitrogens with zero attached hydrogens (tertiary/aromatic N) is 1. The van der Waals surface area contributed by atoms with E-state index in [9.17, 15) is 18.0 Å². The summed E-state index contributed by atoms with van der Waals surface area (Å²) in [5.74, 6) is 0.164. The van der Waals surface area contributed by atoms with Gasteiger partial charge in [-0.25, -0.2) is 13.2 Å². The SMILES string of the molecule is COCCOc1ccc(S(=O)(=O)Nc2ccccc2CN2C(=O)CNC2=O)cc1. The quantitative estimate of drug-likeness (QED) is 0.471. The lowest BCUT2D eigenvalue weighted by atomic mass is 10.2. The number of carbonyl (C=O) groups excluding carboxylic acids is 2. The van der Waals surface area contributed by atoms with E-state index in [1.165, 1.54) is 12.1 Å². The van der Waals surface area contributed by atoms with Gasteiger partial charge in [0, 0.05) is 7.11 Å². The number of urea groups is 1. The second kappa shape index (κ2) is 8.93. The molecule has 1 fully saturated rings. The lowest BCUT2D eigenvalue weighted by molar-refractivity contribution is -0.125. The van der Waals surface area contributed by atoms with Crippen LogP contribution in [0.1, 0.15) is 5.56 Å². The number of anilines is 1. The fourth-order valence-corrected chi connectivity index (χ4v) is 3.81. The van der Waals surface area contributed by atoms with E-state index in [0.29, 0.717) is 30.2 Å². The molecule has 2 N–H and O–H groups in total. The molecule has 0 aliphatic carbocycles. The van der Waals surface area contributed by atoms with Gasteiger partial charge in [-0.1, -0.05) is 18.2 Å². The Morgan fingerprint density at radius 3 is 2.45 bits per heavy atom. The van der Waals surface area contributed by atoms with Crippen LogP contribution in [0, 0.1) is 0 Å². The smallest absolute Gasteiger partial charge is 0.324 e. The van der Waals surface area contributed by atoms with Crippen LogP contribution in [0.2, 0.25) is 0 Å². The average Bonchev–Trinajstić information content (AvgIpc) is 3.02. The topological polar surface area (TPSA) is 114 Å². The van der Waals surface area contributed by atoms with Gasteiger partial charge in [0.05, 0.1) is 30.3 Å². The van der Waals surface area contributed by atoms with Crippen LogP contribution >= 0.6 is 0 Å². The number of carbonyl (C=O) groups is 2. The first kappa shape index (κ1) is 20.6. The van der Waals surface area contributed by atoms with E-state index in [4.69, 9.17) is 9.47 Å². The maximum Gasteiger partial charge on any atom is 0.324 e. The van der Waals surface area contributed by atoms with Gasteiger partial charge in [-0.2, -0.15) is 0 Å². The number of methoxy groups -OCH3 is 1. The highest BCUT2D eigenvalue weighted by atomic mass is 32.2. The normalized spacial score (nSPS) is 14.0. The van der Waals surface area contributed by atoms with Crippen molar-refractivity contribution in [1.82, 2.24) is 10.2 Å². The molecule has 154 valence electrons. The molecule has 1 saturated heterocycles. The summed E-state index contributed by atoms with van der Waals surface area (Å²) in [6.07, 6.45) is 0. The third-order valence-corrected chi connectivity index (χ3v) is 5.60. The third kappa shape index (κ3) is 5.04. The van der Waals surface area contributed by atoms with Crippen molar-refractivity contribution in [2.45, 2.75) is 11.4 Å². The van der Waals surface area contributed by atoms with Crippen molar-refractivity contribution in [3.63, 3.8) is 0 Å². The van der Waals surface area contributed by atoms with Crippen LogP contribution < -0.4 is 14.8 Å². The molecule has 10 heteroatoms. The monoisotopic (exact) mass is 419 g/mol. The van der Waals surface area contributed by atoms with Crippen molar-refractivity contribution in [3.8, 4) is 5.75 Å². The van der Waals surface area contributed by atoms with Crippen molar-refractivity contribution < 1.29 is 27.5 Å². The molecule has 0 bridgehead atoms. The maximum absolute atomic E-state index is 12.8.